The summed E-state index contributed by atoms with van der Waals surface area (Å²) in [6, 6.07) is 2.69. The van der Waals surface area contributed by atoms with Crippen molar-refractivity contribution in [1.82, 2.24) is 4.98 Å². The van der Waals surface area contributed by atoms with Crippen LogP contribution >= 0.6 is 34.5 Å². The Morgan fingerprint density at radius 3 is 2.47 bits per heavy atom. The zero-order chi connectivity index (χ0) is 14.2. The van der Waals surface area contributed by atoms with Crippen LogP contribution in [0.3, 0.4) is 0 Å². The fourth-order valence-electron chi connectivity index (χ4n) is 1.40. The number of carbonyl (C=O) groups is 1. The summed E-state index contributed by atoms with van der Waals surface area (Å²) < 4.78 is 13.2. The highest BCUT2D eigenvalue weighted by atomic mass is 35.5. The van der Waals surface area contributed by atoms with Crippen molar-refractivity contribution in [1.29, 1.82) is 0 Å². The van der Waals surface area contributed by atoms with E-state index < -0.39 is 11.8 Å². The van der Waals surface area contributed by atoms with Gasteiger partial charge >= 0.3 is 5.97 Å². The molecule has 0 aliphatic rings. The van der Waals surface area contributed by atoms with Gasteiger partial charge in [-0.15, -0.1) is 11.3 Å². The lowest BCUT2D eigenvalue weighted by molar-refractivity contribution is 0.0690. The molecule has 4 nitrogen and oxygen atoms in total. The Morgan fingerprint density at radius 1 is 1.42 bits per heavy atom. The van der Waals surface area contributed by atoms with Crippen LogP contribution < -0.4 is 5.32 Å². The number of anilines is 2. The molecule has 2 N–H and O–H groups in total. The number of nitrogens with one attached hydrogen (secondary N) is 1. The highest BCUT2D eigenvalue weighted by Gasteiger charge is 2.15. The molecule has 0 saturated heterocycles. The minimum absolute atomic E-state index is 0.0215. The molecule has 100 valence electrons. The van der Waals surface area contributed by atoms with E-state index in [1.165, 1.54) is 23.5 Å². The molecule has 0 radical (unpaired) electrons. The highest BCUT2D eigenvalue weighted by Crippen LogP contribution is 2.31. The van der Waals surface area contributed by atoms with E-state index in [1.807, 2.05) is 0 Å². The molecule has 0 amide bonds. The van der Waals surface area contributed by atoms with E-state index in [0.29, 0.717) is 15.7 Å². The monoisotopic (exact) mass is 320 g/mol. The Bertz CT molecular complexity index is 637. The lowest BCUT2D eigenvalue weighted by Crippen LogP contribution is -1.99. The van der Waals surface area contributed by atoms with Gasteiger partial charge in [-0.3, -0.25) is 0 Å². The predicted octanol–water partition coefficient (Wildman–Crippen LogP) is 4.34. The third kappa shape index (κ3) is 2.97. The first-order chi connectivity index (χ1) is 8.88. The average molecular weight is 321 g/mol. The highest BCUT2D eigenvalue weighted by molar-refractivity contribution is 7.15. The summed E-state index contributed by atoms with van der Waals surface area (Å²) in [5.41, 5.74) is 0.411. The number of carboxylic acid groups (broad SMARTS) is 1. The summed E-state index contributed by atoms with van der Waals surface area (Å²) in [4.78, 5) is 15.3. The largest absolute Gasteiger partial charge is 0.476 e. The molecule has 0 spiro atoms. The first kappa shape index (κ1) is 14.0. The summed E-state index contributed by atoms with van der Waals surface area (Å²) in [7, 11) is 0. The fraction of sp³-hybridized carbons (Fsp3) is 0.0909. The van der Waals surface area contributed by atoms with Crippen molar-refractivity contribution in [2.75, 3.05) is 5.32 Å². The fourth-order valence-corrected chi connectivity index (χ4v) is 2.71. The molecule has 19 heavy (non-hydrogen) atoms. The Hall–Kier alpha value is -1.37. The van der Waals surface area contributed by atoms with Crippen molar-refractivity contribution in [3.8, 4) is 0 Å². The molecule has 0 atom stereocenters. The van der Waals surface area contributed by atoms with Crippen LogP contribution in [-0.2, 0) is 0 Å². The maximum atomic E-state index is 13.2. The predicted molar refractivity (Wildman–Crippen MR) is 73.5 cm³/mol. The minimum Gasteiger partial charge on any atom is -0.476 e. The van der Waals surface area contributed by atoms with Crippen LogP contribution in [0.25, 0.3) is 0 Å². The SMILES string of the molecule is Cc1sc(Nc2cc(Cl)c(F)c(Cl)c2)nc1C(=O)O. The number of aromatic carboxylic acids is 1. The second-order valence-electron chi connectivity index (χ2n) is 3.61. The van der Waals surface area contributed by atoms with E-state index in [9.17, 15) is 9.18 Å². The van der Waals surface area contributed by atoms with Gasteiger partial charge in [0.15, 0.2) is 16.6 Å². The second kappa shape index (κ2) is 5.32. The van der Waals surface area contributed by atoms with Crippen LogP contribution in [0.2, 0.25) is 10.0 Å². The smallest absolute Gasteiger partial charge is 0.355 e. The molecule has 0 fully saturated rings. The molecule has 8 heteroatoms. The molecule has 0 aliphatic heterocycles. The third-order valence-corrected chi connectivity index (χ3v) is 3.67. The minimum atomic E-state index is -1.10. The standard InChI is InChI=1S/C11H7Cl2FN2O2S/c1-4-9(10(17)18)16-11(19-4)15-5-2-6(12)8(14)7(13)3-5/h2-3H,1H3,(H,15,16)(H,17,18). The lowest BCUT2D eigenvalue weighted by Gasteiger charge is -2.05. The van der Waals surface area contributed by atoms with Crippen molar-refractivity contribution < 1.29 is 14.3 Å². The zero-order valence-electron chi connectivity index (χ0n) is 9.50. The van der Waals surface area contributed by atoms with Crippen LogP contribution in [0, 0.1) is 12.7 Å². The van der Waals surface area contributed by atoms with E-state index in [1.54, 1.807) is 6.92 Å². The number of thiazole rings is 1. The van der Waals surface area contributed by atoms with Gasteiger partial charge in [0.25, 0.3) is 0 Å². The Balaban J connectivity index is 2.31. The number of aryl methyl sites for hydroxylation is 1. The first-order valence-electron chi connectivity index (χ1n) is 5.00. The molecule has 0 aliphatic carbocycles. The number of nitrogens with zero attached hydrogens (tertiary/aromatic N) is 1. The van der Waals surface area contributed by atoms with Crippen molar-refractivity contribution >= 4 is 51.3 Å². The number of hydrogen-bond acceptors (Lipinski definition) is 4. The summed E-state index contributed by atoms with van der Waals surface area (Å²) >= 11 is 12.5. The molecule has 1 aromatic heterocycles. The molecule has 1 heterocycles. The number of hydrogen-bond donors (Lipinski definition) is 2. The quantitative estimate of drug-likeness (QED) is 0.826. The van der Waals surface area contributed by atoms with E-state index in [2.05, 4.69) is 10.3 Å². The molecule has 0 saturated carbocycles. The van der Waals surface area contributed by atoms with E-state index in [-0.39, 0.29) is 15.7 Å². The van der Waals surface area contributed by atoms with Crippen molar-refractivity contribution in [3.05, 3.63) is 38.6 Å². The first-order valence-corrected chi connectivity index (χ1v) is 6.58. The van der Waals surface area contributed by atoms with Gasteiger partial charge in [-0.25, -0.2) is 14.2 Å². The van der Waals surface area contributed by atoms with Gasteiger partial charge < -0.3 is 10.4 Å². The lowest BCUT2D eigenvalue weighted by atomic mass is 10.3. The van der Waals surface area contributed by atoms with Crippen LogP contribution in [0.5, 0.6) is 0 Å². The van der Waals surface area contributed by atoms with Crippen LogP contribution in [-0.4, -0.2) is 16.1 Å². The third-order valence-electron chi connectivity index (χ3n) is 2.23. The van der Waals surface area contributed by atoms with Crippen LogP contribution in [0.1, 0.15) is 15.4 Å². The van der Waals surface area contributed by atoms with Crippen LogP contribution in [0.4, 0.5) is 15.2 Å². The Labute approximate surface area is 121 Å². The van der Waals surface area contributed by atoms with Gasteiger partial charge in [0, 0.05) is 10.6 Å². The van der Waals surface area contributed by atoms with Gasteiger partial charge in [-0.05, 0) is 19.1 Å². The summed E-state index contributed by atoms with van der Waals surface area (Å²) in [6.07, 6.45) is 0. The topological polar surface area (TPSA) is 62.2 Å². The maximum Gasteiger partial charge on any atom is 0.355 e. The zero-order valence-corrected chi connectivity index (χ0v) is 11.8. The van der Waals surface area contributed by atoms with Crippen molar-refractivity contribution in [3.63, 3.8) is 0 Å². The van der Waals surface area contributed by atoms with Crippen LogP contribution in [0.15, 0.2) is 12.1 Å². The number of halogens is 3. The number of rotatable bonds is 3. The Morgan fingerprint density at radius 2 is 2.00 bits per heavy atom. The number of carboxylic acids is 1. The van der Waals surface area contributed by atoms with E-state index in [0.717, 1.165) is 0 Å². The molecular weight excluding hydrogens is 314 g/mol. The number of benzene rings is 1. The average Bonchev–Trinajstić information content (AvgIpc) is 2.67. The molecule has 1 aromatic carbocycles. The molecule has 2 aromatic rings. The summed E-state index contributed by atoms with van der Waals surface area (Å²) in [5.74, 6) is -1.80. The number of aromatic nitrogens is 1. The van der Waals surface area contributed by atoms with E-state index in [4.69, 9.17) is 28.3 Å². The van der Waals surface area contributed by atoms with Gasteiger partial charge in [0.1, 0.15) is 0 Å². The van der Waals surface area contributed by atoms with Gasteiger partial charge in [0.05, 0.1) is 10.0 Å². The maximum absolute atomic E-state index is 13.2. The van der Waals surface area contributed by atoms with Crippen molar-refractivity contribution in [2.45, 2.75) is 6.92 Å². The summed E-state index contributed by atoms with van der Waals surface area (Å²) in [5, 5.41) is 11.9. The molecule has 0 bridgehead atoms. The van der Waals surface area contributed by atoms with Crippen molar-refractivity contribution in [2.24, 2.45) is 0 Å². The Kier molecular flexibility index (Phi) is 3.93. The van der Waals surface area contributed by atoms with E-state index >= 15 is 0 Å². The molecular formula is C11H7Cl2FN2O2S. The second-order valence-corrected chi connectivity index (χ2v) is 5.63. The molecule has 0 unspecified atom stereocenters. The van der Waals surface area contributed by atoms with Gasteiger partial charge in [0.2, 0.25) is 0 Å². The molecule has 2 rings (SSSR count). The van der Waals surface area contributed by atoms with Gasteiger partial charge in [-0.2, -0.15) is 0 Å². The normalized spacial score (nSPS) is 10.5. The summed E-state index contributed by atoms with van der Waals surface area (Å²) in [6.45, 7) is 1.65. The van der Waals surface area contributed by atoms with Gasteiger partial charge in [-0.1, -0.05) is 23.2 Å².